The highest BCUT2D eigenvalue weighted by atomic mass is 19.2. The minimum atomic E-state index is -1.20. The Morgan fingerprint density at radius 3 is 2.10 bits per heavy atom. The third kappa shape index (κ3) is 2.41. The lowest BCUT2D eigenvalue weighted by Crippen LogP contribution is -2.17. The van der Waals surface area contributed by atoms with E-state index < -0.39 is 29.3 Å². The van der Waals surface area contributed by atoms with Crippen molar-refractivity contribution in [1.29, 1.82) is 0 Å². The van der Waals surface area contributed by atoms with Crippen LogP contribution in [-0.2, 0) is 0 Å². The number of rotatable bonds is 2. The molecule has 0 aliphatic rings. The van der Waals surface area contributed by atoms with E-state index in [4.69, 9.17) is 5.73 Å². The van der Waals surface area contributed by atoms with Gasteiger partial charge in [-0.1, -0.05) is 12.1 Å². The summed E-state index contributed by atoms with van der Waals surface area (Å²) in [6, 6.07) is 3.35. The predicted molar refractivity (Wildman–Crippen MR) is 68.2 cm³/mol. The number of benzene rings is 2. The van der Waals surface area contributed by atoms with Crippen LogP contribution >= 0.6 is 0 Å². The smallest absolute Gasteiger partial charge is 0.164 e. The highest BCUT2D eigenvalue weighted by molar-refractivity contribution is 5.37. The summed E-state index contributed by atoms with van der Waals surface area (Å²) in [6.45, 7) is 2.85. The molecule has 1 unspecified atom stereocenters. The second-order valence-corrected chi connectivity index (χ2v) is 4.70. The van der Waals surface area contributed by atoms with Crippen molar-refractivity contribution < 1.29 is 17.6 Å². The Morgan fingerprint density at radius 1 is 0.800 bits per heavy atom. The number of nitrogens with two attached hydrogens (primary N) is 1. The van der Waals surface area contributed by atoms with Crippen LogP contribution in [0.25, 0.3) is 0 Å². The number of hydrogen-bond acceptors (Lipinski definition) is 1. The summed E-state index contributed by atoms with van der Waals surface area (Å²) in [6.07, 6.45) is 0. The van der Waals surface area contributed by atoms with E-state index in [-0.39, 0.29) is 22.3 Å². The summed E-state index contributed by atoms with van der Waals surface area (Å²) in [5.74, 6) is -3.73. The Morgan fingerprint density at radius 2 is 1.45 bits per heavy atom. The van der Waals surface area contributed by atoms with Crippen LogP contribution in [0.2, 0.25) is 0 Å². The first kappa shape index (κ1) is 14.5. The summed E-state index contributed by atoms with van der Waals surface area (Å²) in [7, 11) is 0. The third-order valence-corrected chi connectivity index (χ3v) is 3.25. The van der Waals surface area contributed by atoms with Gasteiger partial charge < -0.3 is 5.73 Å². The molecular weight excluding hydrogens is 270 g/mol. The SMILES string of the molecule is Cc1cc(C(N)c2ccc(C)c(F)c2F)c(F)cc1F. The van der Waals surface area contributed by atoms with E-state index in [0.717, 1.165) is 0 Å². The minimum Gasteiger partial charge on any atom is -0.320 e. The van der Waals surface area contributed by atoms with Crippen molar-refractivity contribution in [2.24, 2.45) is 5.73 Å². The van der Waals surface area contributed by atoms with Crippen LogP contribution in [-0.4, -0.2) is 0 Å². The van der Waals surface area contributed by atoms with Crippen molar-refractivity contribution in [3.63, 3.8) is 0 Å². The summed E-state index contributed by atoms with van der Waals surface area (Å²) < 4.78 is 54.3. The Kier molecular flexibility index (Phi) is 3.81. The molecule has 106 valence electrons. The summed E-state index contributed by atoms with van der Waals surface area (Å²) in [5, 5.41) is 0. The zero-order chi connectivity index (χ0) is 15.0. The summed E-state index contributed by atoms with van der Waals surface area (Å²) >= 11 is 0. The molecule has 2 N–H and O–H groups in total. The molecule has 1 atom stereocenters. The highest BCUT2D eigenvalue weighted by Crippen LogP contribution is 2.28. The molecule has 0 spiro atoms. The van der Waals surface area contributed by atoms with Crippen molar-refractivity contribution in [2.75, 3.05) is 0 Å². The quantitative estimate of drug-likeness (QED) is 0.831. The van der Waals surface area contributed by atoms with Gasteiger partial charge >= 0.3 is 0 Å². The lowest BCUT2D eigenvalue weighted by atomic mass is 9.96. The molecule has 0 aliphatic heterocycles. The van der Waals surface area contributed by atoms with Crippen LogP contribution in [0, 0.1) is 37.1 Å². The monoisotopic (exact) mass is 283 g/mol. The van der Waals surface area contributed by atoms with Crippen LogP contribution in [0.3, 0.4) is 0 Å². The zero-order valence-electron chi connectivity index (χ0n) is 11.0. The molecular formula is C15H13F4N. The van der Waals surface area contributed by atoms with Gasteiger partial charge in [-0.25, -0.2) is 17.6 Å². The maximum absolute atomic E-state index is 13.9. The first-order valence-corrected chi connectivity index (χ1v) is 5.98. The van der Waals surface area contributed by atoms with Crippen LogP contribution in [0.4, 0.5) is 17.6 Å². The van der Waals surface area contributed by atoms with E-state index in [2.05, 4.69) is 0 Å². The van der Waals surface area contributed by atoms with Crippen molar-refractivity contribution in [3.8, 4) is 0 Å². The van der Waals surface area contributed by atoms with Crippen LogP contribution in [0.15, 0.2) is 24.3 Å². The molecule has 0 heterocycles. The minimum absolute atomic E-state index is 0.0777. The van der Waals surface area contributed by atoms with Gasteiger partial charge in [-0.15, -0.1) is 0 Å². The normalized spacial score (nSPS) is 12.6. The van der Waals surface area contributed by atoms with Gasteiger partial charge in [-0.2, -0.15) is 0 Å². The average Bonchev–Trinajstić information content (AvgIpc) is 2.40. The molecule has 1 nitrogen and oxygen atoms in total. The van der Waals surface area contributed by atoms with Crippen LogP contribution in [0.1, 0.15) is 28.3 Å². The number of halogens is 4. The van der Waals surface area contributed by atoms with Gasteiger partial charge in [0.25, 0.3) is 0 Å². The molecule has 0 aromatic heterocycles. The first-order chi connectivity index (χ1) is 9.32. The Hall–Kier alpha value is -1.88. The molecule has 0 aliphatic carbocycles. The van der Waals surface area contributed by atoms with Crippen LogP contribution < -0.4 is 5.73 Å². The summed E-state index contributed by atoms with van der Waals surface area (Å²) in [5.41, 5.74) is 5.86. The van der Waals surface area contributed by atoms with Gasteiger partial charge in [-0.3, -0.25) is 0 Å². The fourth-order valence-corrected chi connectivity index (χ4v) is 1.99. The molecule has 0 bridgehead atoms. The Labute approximate surface area is 114 Å². The molecule has 2 rings (SSSR count). The Balaban J connectivity index is 2.55. The molecule has 2 aromatic rings. The number of hydrogen-bond donors (Lipinski definition) is 1. The zero-order valence-corrected chi connectivity index (χ0v) is 11.0. The first-order valence-electron chi connectivity index (χ1n) is 5.98. The van der Waals surface area contributed by atoms with Crippen molar-refractivity contribution >= 4 is 0 Å². The van der Waals surface area contributed by atoms with Crippen molar-refractivity contribution in [2.45, 2.75) is 19.9 Å². The molecule has 0 saturated carbocycles. The fraction of sp³-hybridized carbons (Fsp3) is 0.200. The maximum Gasteiger partial charge on any atom is 0.164 e. The average molecular weight is 283 g/mol. The fourth-order valence-electron chi connectivity index (χ4n) is 1.99. The topological polar surface area (TPSA) is 26.0 Å². The molecule has 2 aromatic carbocycles. The predicted octanol–water partition coefficient (Wildman–Crippen LogP) is 3.91. The van der Waals surface area contributed by atoms with E-state index in [1.807, 2.05) is 0 Å². The second-order valence-electron chi connectivity index (χ2n) is 4.70. The van der Waals surface area contributed by atoms with E-state index in [9.17, 15) is 17.6 Å². The van der Waals surface area contributed by atoms with E-state index in [0.29, 0.717) is 6.07 Å². The highest BCUT2D eigenvalue weighted by Gasteiger charge is 2.21. The molecule has 0 amide bonds. The van der Waals surface area contributed by atoms with Gasteiger partial charge in [0.15, 0.2) is 11.6 Å². The van der Waals surface area contributed by atoms with Gasteiger partial charge in [0.1, 0.15) is 11.6 Å². The third-order valence-electron chi connectivity index (χ3n) is 3.25. The van der Waals surface area contributed by atoms with E-state index in [1.54, 1.807) is 0 Å². The van der Waals surface area contributed by atoms with Gasteiger partial charge in [-0.05, 0) is 31.0 Å². The largest absolute Gasteiger partial charge is 0.320 e. The second kappa shape index (κ2) is 5.25. The van der Waals surface area contributed by atoms with Gasteiger partial charge in [0.05, 0.1) is 6.04 Å². The van der Waals surface area contributed by atoms with E-state index in [1.165, 1.54) is 32.0 Å². The lowest BCUT2D eigenvalue weighted by molar-refractivity contribution is 0.486. The molecule has 20 heavy (non-hydrogen) atoms. The van der Waals surface area contributed by atoms with Crippen molar-refractivity contribution in [1.82, 2.24) is 0 Å². The maximum atomic E-state index is 13.9. The lowest BCUT2D eigenvalue weighted by Gasteiger charge is -2.16. The van der Waals surface area contributed by atoms with E-state index >= 15 is 0 Å². The Bertz CT molecular complexity index is 665. The number of aryl methyl sites for hydroxylation is 2. The van der Waals surface area contributed by atoms with Gasteiger partial charge in [0.2, 0.25) is 0 Å². The molecule has 0 radical (unpaired) electrons. The molecule has 0 fully saturated rings. The molecule has 5 heteroatoms. The van der Waals surface area contributed by atoms with Crippen LogP contribution in [0.5, 0.6) is 0 Å². The van der Waals surface area contributed by atoms with Gasteiger partial charge in [0, 0.05) is 17.2 Å². The molecule has 0 saturated heterocycles. The van der Waals surface area contributed by atoms with Crippen molar-refractivity contribution in [3.05, 3.63) is 69.8 Å². The summed E-state index contributed by atoms with van der Waals surface area (Å²) in [4.78, 5) is 0. The standard InChI is InChI=1S/C15H13F4N/c1-7-3-4-9(14(19)13(7)18)15(20)10-5-8(2)11(16)6-12(10)17/h3-6,15H,20H2,1-2H3.